The van der Waals surface area contributed by atoms with Gasteiger partial charge in [-0.05, 0) is 86.6 Å². The number of alkyl halides is 3. The number of ether oxygens (including phenoxy) is 4. The minimum Gasteiger partial charge on any atom is -0.483 e. The maximum Gasteiger partial charge on any atom is 0.416 e. The molecular formula is C25H23F3O6S. The van der Waals surface area contributed by atoms with Crippen LogP contribution in [-0.4, -0.2) is 28.6 Å². The molecule has 6 nitrogen and oxygen atoms in total. The Hall–Kier alpha value is -3.53. The van der Waals surface area contributed by atoms with Crippen molar-refractivity contribution in [2.45, 2.75) is 25.6 Å². The van der Waals surface area contributed by atoms with Crippen LogP contribution in [0.3, 0.4) is 0 Å². The second kappa shape index (κ2) is 11.3. The third kappa shape index (κ3) is 8.03. The van der Waals surface area contributed by atoms with E-state index in [1.54, 1.807) is 48.5 Å². The van der Waals surface area contributed by atoms with Crippen LogP contribution < -0.4 is 18.9 Å². The molecule has 3 rings (SSSR count). The molecule has 0 aliphatic heterocycles. The molecule has 35 heavy (non-hydrogen) atoms. The number of rotatable bonds is 11. The summed E-state index contributed by atoms with van der Waals surface area (Å²) in [7, 11) is 0. The maximum absolute atomic E-state index is 12.6. The van der Waals surface area contributed by atoms with Crippen LogP contribution in [0.5, 0.6) is 28.7 Å². The highest BCUT2D eigenvalue weighted by atomic mass is 32.2. The van der Waals surface area contributed by atoms with E-state index in [0.29, 0.717) is 40.6 Å². The van der Waals surface area contributed by atoms with E-state index in [0.717, 1.165) is 12.1 Å². The monoisotopic (exact) mass is 508 g/mol. The lowest BCUT2D eigenvalue weighted by Gasteiger charge is -2.21. The third-order valence-electron chi connectivity index (χ3n) is 4.57. The van der Waals surface area contributed by atoms with E-state index < -0.39 is 23.3 Å². The molecule has 3 aromatic rings. The Balaban J connectivity index is 1.38. The number of benzene rings is 3. The van der Waals surface area contributed by atoms with Crippen LogP contribution in [0.2, 0.25) is 0 Å². The molecule has 0 saturated heterocycles. The number of carboxylic acids is 1. The lowest BCUT2D eigenvalue weighted by Crippen LogP contribution is -2.37. The molecule has 0 saturated carbocycles. The van der Waals surface area contributed by atoms with Crippen molar-refractivity contribution in [1.82, 2.24) is 0 Å². The zero-order valence-electron chi connectivity index (χ0n) is 18.9. The van der Waals surface area contributed by atoms with Gasteiger partial charge < -0.3 is 24.1 Å². The molecule has 0 bridgehead atoms. The highest BCUT2D eigenvalue weighted by Gasteiger charge is 2.30. The highest BCUT2D eigenvalue weighted by molar-refractivity contribution is 7.99. The summed E-state index contributed by atoms with van der Waals surface area (Å²) < 4.78 is 60.1. The Morgan fingerprint density at radius 3 is 1.57 bits per heavy atom. The average Bonchev–Trinajstić information content (AvgIpc) is 2.80. The van der Waals surface area contributed by atoms with Crippen LogP contribution in [-0.2, 0) is 11.0 Å². The summed E-state index contributed by atoms with van der Waals surface area (Å²) in [5.74, 6) is 1.98. The zero-order chi connectivity index (χ0) is 25.5. The molecule has 0 radical (unpaired) electrons. The van der Waals surface area contributed by atoms with Crippen LogP contribution in [0.15, 0.2) is 72.8 Å². The predicted molar refractivity (Wildman–Crippen MR) is 125 cm³/mol. The van der Waals surface area contributed by atoms with Crippen molar-refractivity contribution in [1.29, 1.82) is 0 Å². The summed E-state index contributed by atoms with van der Waals surface area (Å²) in [5, 5.41) is 9.11. The van der Waals surface area contributed by atoms with Gasteiger partial charge in [0.2, 0.25) is 0 Å². The van der Waals surface area contributed by atoms with Crippen molar-refractivity contribution in [2.75, 3.05) is 11.9 Å². The van der Waals surface area contributed by atoms with Crippen LogP contribution in [0.25, 0.3) is 0 Å². The molecule has 0 fully saturated rings. The van der Waals surface area contributed by atoms with Gasteiger partial charge >= 0.3 is 12.1 Å². The molecule has 0 aromatic heterocycles. The number of halogens is 3. The van der Waals surface area contributed by atoms with Crippen molar-refractivity contribution in [2.24, 2.45) is 0 Å². The van der Waals surface area contributed by atoms with Gasteiger partial charge in [-0.25, -0.2) is 4.79 Å². The van der Waals surface area contributed by atoms with Crippen LogP contribution in [0.1, 0.15) is 19.4 Å². The lowest BCUT2D eigenvalue weighted by atomic mass is 10.1. The van der Waals surface area contributed by atoms with Crippen molar-refractivity contribution in [3.63, 3.8) is 0 Å². The average molecular weight is 509 g/mol. The van der Waals surface area contributed by atoms with E-state index in [1.807, 2.05) is 0 Å². The quantitative estimate of drug-likeness (QED) is 0.224. The molecule has 0 spiro atoms. The van der Waals surface area contributed by atoms with Gasteiger partial charge in [-0.3, -0.25) is 0 Å². The van der Waals surface area contributed by atoms with Gasteiger partial charge in [-0.2, -0.15) is 13.2 Å². The van der Waals surface area contributed by atoms with Crippen molar-refractivity contribution >= 4 is 17.7 Å². The van der Waals surface area contributed by atoms with Gasteiger partial charge in [-0.15, -0.1) is 0 Å². The second-order valence-electron chi connectivity index (χ2n) is 7.71. The number of aliphatic carboxylic acids is 1. The van der Waals surface area contributed by atoms with Gasteiger partial charge in [0.25, 0.3) is 0 Å². The fourth-order valence-electron chi connectivity index (χ4n) is 2.65. The molecule has 186 valence electrons. The number of hydrogen-bond donors (Lipinski definition) is 1. The molecule has 0 atom stereocenters. The molecule has 3 aromatic carbocycles. The molecule has 0 heterocycles. The summed E-state index contributed by atoms with van der Waals surface area (Å²) >= 11 is 1.39. The molecule has 0 aliphatic rings. The van der Waals surface area contributed by atoms with Crippen LogP contribution >= 0.6 is 11.8 Å². The summed E-state index contributed by atoms with van der Waals surface area (Å²) in [5.41, 5.74) is -2.07. The Morgan fingerprint density at radius 2 is 1.14 bits per heavy atom. The van der Waals surface area contributed by atoms with Crippen molar-refractivity contribution in [3.05, 3.63) is 78.4 Å². The van der Waals surface area contributed by atoms with E-state index >= 15 is 0 Å². The standard InChI is InChI=1S/C25H23F3O6S/c1-24(2,23(29)30)34-22-13-9-19(10-14-22)32-16-35-15-31-18-7-11-21(12-8-18)33-20-5-3-17(4-6-20)25(26,27)28/h3-14H,15-16H2,1-2H3,(H,29,30). The number of thioether (sulfide) groups is 1. The van der Waals surface area contributed by atoms with E-state index in [1.165, 1.54) is 37.7 Å². The van der Waals surface area contributed by atoms with Gasteiger partial charge in [0.1, 0.15) is 40.6 Å². The fraction of sp³-hybridized carbons (Fsp3) is 0.240. The zero-order valence-corrected chi connectivity index (χ0v) is 19.7. The first-order valence-corrected chi connectivity index (χ1v) is 11.5. The normalized spacial score (nSPS) is 11.6. The Kier molecular flexibility index (Phi) is 8.39. The van der Waals surface area contributed by atoms with E-state index in [-0.39, 0.29) is 0 Å². The SMILES string of the molecule is CC(C)(Oc1ccc(OCSCOc2ccc(Oc3ccc(C(F)(F)F)cc3)cc2)cc1)C(=O)O. The topological polar surface area (TPSA) is 74.2 Å². The Labute approximate surface area is 204 Å². The first kappa shape index (κ1) is 26.1. The van der Waals surface area contributed by atoms with Gasteiger partial charge in [0, 0.05) is 0 Å². The first-order valence-electron chi connectivity index (χ1n) is 10.3. The molecule has 1 N–H and O–H groups in total. The summed E-state index contributed by atoms with van der Waals surface area (Å²) in [6.45, 7) is 2.94. The van der Waals surface area contributed by atoms with Crippen LogP contribution in [0, 0.1) is 0 Å². The summed E-state index contributed by atoms with van der Waals surface area (Å²) in [6.07, 6.45) is -4.39. The van der Waals surface area contributed by atoms with E-state index in [2.05, 4.69) is 0 Å². The van der Waals surface area contributed by atoms with Gasteiger partial charge in [0.05, 0.1) is 5.56 Å². The molecule has 0 unspecified atom stereocenters. The van der Waals surface area contributed by atoms with E-state index in [4.69, 9.17) is 24.1 Å². The highest BCUT2D eigenvalue weighted by Crippen LogP contribution is 2.32. The van der Waals surface area contributed by atoms with Crippen molar-refractivity contribution < 1.29 is 42.0 Å². The smallest absolute Gasteiger partial charge is 0.416 e. The minimum absolute atomic E-state index is 0.296. The molecular weight excluding hydrogens is 485 g/mol. The Morgan fingerprint density at radius 1 is 0.743 bits per heavy atom. The minimum atomic E-state index is -4.39. The predicted octanol–water partition coefficient (Wildman–Crippen LogP) is 6.85. The van der Waals surface area contributed by atoms with Crippen molar-refractivity contribution in [3.8, 4) is 28.7 Å². The van der Waals surface area contributed by atoms with E-state index in [9.17, 15) is 18.0 Å². The number of carboxylic acid groups (broad SMARTS) is 1. The molecule has 10 heteroatoms. The fourth-order valence-corrected chi connectivity index (χ4v) is 3.15. The molecule has 0 amide bonds. The summed E-state index contributed by atoms with van der Waals surface area (Å²) in [6, 6.07) is 17.8. The number of hydrogen-bond acceptors (Lipinski definition) is 6. The van der Waals surface area contributed by atoms with Gasteiger partial charge in [0.15, 0.2) is 5.60 Å². The van der Waals surface area contributed by atoms with Crippen LogP contribution in [0.4, 0.5) is 13.2 Å². The number of carbonyl (C=O) groups is 1. The molecule has 0 aliphatic carbocycles. The Bertz CT molecular complexity index is 1100. The second-order valence-corrected chi connectivity index (χ2v) is 8.59. The largest absolute Gasteiger partial charge is 0.483 e. The first-order chi connectivity index (χ1) is 16.5. The van der Waals surface area contributed by atoms with Gasteiger partial charge in [-0.1, -0.05) is 11.8 Å². The summed E-state index contributed by atoms with van der Waals surface area (Å²) in [4.78, 5) is 11.1. The third-order valence-corrected chi connectivity index (χ3v) is 5.14. The maximum atomic E-state index is 12.6. The lowest BCUT2D eigenvalue weighted by molar-refractivity contribution is -0.152.